The van der Waals surface area contributed by atoms with Gasteiger partial charge in [0, 0.05) is 37.2 Å². The van der Waals surface area contributed by atoms with Crippen LogP contribution in [0.25, 0.3) is 0 Å². The Bertz CT molecular complexity index is 1270. The normalized spacial score (nSPS) is 19.7. The van der Waals surface area contributed by atoms with Crippen LogP contribution in [0.15, 0.2) is 59.3 Å². The first kappa shape index (κ1) is 27.3. The fraction of sp³-hybridized carbons (Fsp3) is 0.357. The van der Waals surface area contributed by atoms with E-state index in [2.05, 4.69) is 12.4 Å². The fourth-order valence-electron chi connectivity index (χ4n) is 4.57. The summed E-state index contributed by atoms with van der Waals surface area (Å²) in [7, 11) is 4.00. The molecule has 0 spiro atoms. The van der Waals surface area contributed by atoms with Crippen LogP contribution in [0, 0.1) is 0 Å². The zero-order valence-corrected chi connectivity index (χ0v) is 22.7. The maximum Gasteiger partial charge on any atom is 0.338 e. The number of carbonyl (C=O) groups is 4. The number of rotatable bonds is 7. The molecule has 0 aromatic heterocycles. The number of likely N-dealkylation sites (tertiary alicyclic amines) is 1. The van der Waals surface area contributed by atoms with Gasteiger partial charge in [-0.05, 0) is 62.4 Å². The van der Waals surface area contributed by atoms with Crippen LogP contribution >= 0.6 is 11.6 Å². The van der Waals surface area contributed by atoms with Crippen molar-refractivity contribution in [2.24, 2.45) is 0 Å². The summed E-state index contributed by atoms with van der Waals surface area (Å²) in [5, 5.41) is 2.67. The maximum atomic E-state index is 13.1. The molecular weight excluding hydrogens is 508 g/mol. The number of benzene rings is 2. The van der Waals surface area contributed by atoms with Gasteiger partial charge in [0.25, 0.3) is 17.7 Å². The van der Waals surface area contributed by atoms with Crippen LogP contribution in [0.4, 0.5) is 11.4 Å². The number of amides is 3. The summed E-state index contributed by atoms with van der Waals surface area (Å²) in [6, 6.07) is 12.9. The summed E-state index contributed by atoms with van der Waals surface area (Å²) < 4.78 is 5.16. The van der Waals surface area contributed by atoms with E-state index in [9.17, 15) is 19.2 Å². The molecule has 0 radical (unpaired) electrons. The summed E-state index contributed by atoms with van der Waals surface area (Å²) in [6.45, 7) is 5.58. The lowest BCUT2D eigenvalue weighted by molar-refractivity contribution is -0.885. The molecule has 2 heterocycles. The minimum absolute atomic E-state index is 0.0580. The Morgan fingerprint density at radius 3 is 2.16 bits per heavy atom. The first-order chi connectivity index (χ1) is 18.1. The number of hydrogen-bond acceptors (Lipinski definition) is 6. The molecule has 2 aromatic rings. The molecule has 0 saturated carbocycles. The molecule has 2 aliphatic rings. The predicted octanol–water partition coefficient (Wildman–Crippen LogP) is 2.44. The van der Waals surface area contributed by atoms with E-state index in [-0.39, 0.29) is 34.5 Å². The molecule has 3 amide bonds. The van der Waals surface area contributed by atoms with Crippen molar-refractivity contribution in [3.8, 4) is 0 Å². The predicted molar refractivity (Wildman–Crippen MR) is 144 cm³/mol. The number of quaternary nitrogens is 1. The third kappa shape index (κ3) is 5.74. The summed E-state index contributed by atoms with van der Waals surface area (Å²) in [5.41, 5.74) is 1.56. The van der Waals surface area contributed by atoms with Gasteiger partial charge >= 0.3 is 5.97 Å². The third-order valence-electron chi connectivity index (χ3n) is 6.81. The number of hydrogen-bond donors (Lipinski definition) is 2. The summed E-state index contributed by atoms with van der Waals surface area (Å²) >= 11 is 6.25. The highest BCUT2D eigenvalue weighted by Gasteiger charge is 2.39. The van der Waals surface area contributed by atoms with Crippen molar-refractivity contribution in [2.75, 3.05) is 37.4 Å². The van der Waals surface area contributed by atoms with Crippen molar-refractivity contribution >= 4 is 46.7 Å². The highest BCUT2D eigenvalue weighted by molar-refractivity contribution is 6.53. The van der Waals surface area contributed by atoms with Crippen LogP contribution in [-0.2, 0) is 14.3 Å². The van der Waals surface area contributed by atoms with Gasteiger partial charge in [-0.3, -0.25) is 14.4 Å². The van der Waals surface area contributed by atoms with Crippen molar-refractivity contribution in [3.05, 3.63) is 70.4 Å². The van der Waals surface area contributed by atoms with Crippen LogP contribution < -0.4 is 15.1 Å². The number of nitrogens with one attached hydrogen (secondary N) is 2. The summed E-state index contributed by atoms with van der Waals surface area (Å²) in [4.78, 5) is 55.2. The summed E-state index contributed by atoms with van der Waals surface area (Å²) in [5.74, 6) is -1.85. The largest absolute Gasteiger partial charge is 0.459 e. The Morgan fingerprint density at radius 2 is 1.58 bits per heavy atom. The van der Waals surface area contributed by atoms with Gasteiger partial charge < -0.3 is 19.9 Å². The lowest BCUT2D eigenvalue weighted by Gasteiger charge is -2.33. The third-order valence-corrected chi connectivity index (χ3v) is 7.16. The van der Waals surface area contributed by atoms with Crippen molar-refractivity contribution in [1.82, 2.24) is 4.90 Å². The Morgan fingerprint density at radius 1 is 1.00 bits per heavy atom. The van der Waals surface area contributed by atoms with Crippen molar-refractivity contribution in [2.45, 2.75) is 38.8 Å². The second-order valence-corrected chi connectivity index (χ2v) is 10.3. The molecule has 200 valence electrons. The zero-order chi connectivity index (χ0) is 27.6. The molecule has 2 N–H and O–H groups in total. The average molecular weight is 540 g/mol. The van der Waals surface area contributed by atoms with Crippen LogP contribution in [-0.4, -0.2) is 67.9 Å². The number of anilines is 2. The van der Waals surface area contributed by atoms with E-state index in [1.165, 1.54) is 29.2 Å². The molecule has 9 nitrogen and oxygen atoms in total. The highest BCUT2D eigenvalue weighted by atomic mass is 35.5. The second-order valence-electron chi connectivity index (χ2n) is 9.94. The van der Waals surface area contributed by atoms with Crippen molar-refractivity contribution in [1.29, 1.82) is 0 Å². The average Bonchev–Trinajstić information content (AvgIpc) is 3.11. The molecule has 2 aliphatic heterocycles. The molecule has 2 aromatic carbocycles. The maximum absolute atomic E-state index is 13.1. The monoisotopic (exact) mass is 539 g/mol. The topological polar surface area (TPSA) is 100 Å². The Balaban J connectivity index is 1.43. The van der Waals surface area contributed by atoms with Crippen LogP contribution in [0.5, 0.6) is 0 Å². The molecule has 0 unspecified atom stereocenters. The van der Waals surface area contributed by atoms with E-state index < -0.39 is 17.8 Å². The van der Waals surface area contributed by atoms with Crippen LogP contribution in [0.3, 0.4) is 0 Å². The molecule has 10 heteroatoms. The fourth-order valence-corrected chi connectivity index (χ4v) is 4.78. The SMILES string of the molecule is CC(C)OC(=O)c1ccc(N2C(=O)C(Cl)=C(Nc3ccc(C(=O)N(C)C4CC[NH+](C)CC4)cc3)C2=O)cc1. The number of carbonyl (C=O) groups excluding carboxylic acids is 4. The van der Waals surface area contributed by atoms with Crippen LogP contribution in [0.2, 0.25) is 0 Å². The standard InChI is InChI=1S/C28H31ClN4O5/c1-17(2)38-28(37)19-7-11-22(12-8-19)33-26(35)23(29)24(27(33)36)30-20-9-5-18(6-10-20)25(34)32(4)21-13-15-31(3)16-14-21/h5-12,17,21,30H,13-16H2,1-4H3/p+1. The lowest BCUT2D eigenvalue weighted by Crippen LogP contribution is -3.10. The zero-order valence-electron chi connectivity index (χ0n) is 21.9. The van der Waals surface area contributed by atoms with E-state index in [1.54, 1.807) is 43.0 Å². The van der Waals surface area contributed by atoms with Crippen molar-refractivity contribution in [3.63, 3.8) is 0 Å². The molecule has 0 bridgehead atoms. The van der Waals surface area contributed by atoms with E-state index in [0.29, 0.717) is 16.8 Å². The van der Waals surface area contributed by atoms with Gasteiger partial charge in [-0.15, -0.1) is 0 Å². The quantitative estimate of drug-likeness (QED) is 0.414. The minimum Gasteiger partial charge on any atom is -0.459 e. The van der Waals surface area contributed by atoms with Gasteiger partial charge in [0.15, 0.2) is 0 Å². The van der Waals surface area contributed by atoms with Gasteiger partial charge in [0.1, 0.15) is 10.7 Å². The lowest BCUT2D eigenvalue weighted by atomic mass is 10.0. The molecule has 1 saturated heterocycles. The van der Waals surface area contributed by atoms with Gasteiger partial charge in [-0.2, -0.15) is 0 Å². The van der Waals surface area contributed by atoms with Gasteiger partial charge in [-0.1, -0.05) is 11.6 Å². The molecule has 4 rings (SSSR count). The van der Waals surface area contributed by atoms with Crippen LogP contribution in [0.1, 0.15) is 47.4 Å². The Kier molecular flexibility index (Phi) is 8.18. The molecule has 0 aliphatic carbocycles. The molecule has 38 heavy (non-hydrogen) atoms. The number of nitrogens with zero attached hydrogens (tertiary/aromatic N) is 2. The van der Waals surface area contributed by atoms with E-state index in [1.807, 2.05) is 7.05 Å². The Hall–Kier alpha value is -3.69. The van der Waals surface area contributed by atoms with Gasteiger partial charge in [-0.25, -0.2) is 9.69 Å². The van der Waals surface area contributed by atoms with Gasteiger partial charge in [0.2, 0.25) is 0 Å². The first-order valence-corrected chi connectivity index (χ1v) is 13.0. The van der Waals surface area contributed by atoms with Gasteiger partial charge in [0.05, 0.1) is 37.5 Å². The second kappa shape index (κ2) is 11.4. The molecule has 0 atom stereocenters. The minimum atomic E-state index is -0.676. The number of esters is 1. The molecular formula is C28H32ClN4O5+. The van der Waals surface area contributed by atoms with E-state index in [0.717, 1.165) is 30.8 Å². The number of halogens is 1. The highest BCUT2D eigenvalue weighted by Crippen LogP contribution is 2.30. The van der Waals surface area contributed by atoms with E-state index >= 15 is 0 Å². The smallest absolute Gasteiger partial charge is 0.338 e. The number of piperidine rings is 1. The molecule has 1 fully saturated rings. The summed E-state index contributed by atoms with van der Waals surface area (Å²) in [6.07, 6.45) is 1.67. The number of imide groups is 1. The number of ether oxygens (including phenoxy) is 1. The first-order valence-electron chi connectivity index (χ1n) is 12.6. The Labute approximate surface area is 227 Å². The van der Waals surface area contributed by atoms with E-state index in [4.69, 9.17) is 16.3 Å². The van der Waals surface area contributed by atoms with Crippen molar-refractivity contribution < 1.29 is 28.8 Å².